The summed E-state index contributed by atoms with van der Waals surface area (Å²) in [5.41, 5.74) is 0.327. The predicted molar refractivity (Wildman–Crippen MR) is 135 cm³/mol. The number of rotatable bonds is 4. The van der Waals surface area contributed by atoms with Crippen LogP contribution in [0.4, 0.5) is 10.2 Å². The molecule has 5 rings (SSSR count). The lowest BCUT2D eigenvalue weighted by Crippen LogP contribution is -2.41. The molecule has 2 aromatic carbocycles. The van der Waals surface area contributed by atoms with Crippen LogP contribution in [0.3, 0.4) is 0 Å². The molecule has 0 atom stereocenters. The minimum atomic E-state index is -0.893. The Morgan fingerprint density at radius 1 is 1.14 bits per heavy atom. The molecule has 0 radical (unpaired) electrons. The van der Waals surface area contributed by atoms with Gasteiger partial charge in [-0.05, 0) is 49.7 Å². The summed E-state index contributed by atoms with van der Waals surface area (Å²) >= 11 is 6.52. The summed E-state index contributed by atoms with van der Waals surface area (Å²) in [5, 5.41) is 3.98. The largest absolute Gasteiger partial charge is 0.378 e. The van der Waals surface area contributed by atoms with Gasteiger partial charge in [-0.2, -0.15) is 0 Å². The average Bonchev–Trinajstić information content (AvgIpc) is 2.84. The van der Waals surface area contributed by atoms with Crippen LogP contribution in [-0.2, 0) is 10.3 Å². The Morgan fingerprint density at radius 2 is 1.89 bits per heavy atom. The second-order valence-electron chi connectivity index (χ2n) is 9.09. The molecule has 0 unspecified atom stereocenters. The van der Waals surface area contributed by atoms with E-state index in [1.807, 2.05) is 0 Å². The highest BCUT2D eigenvalue weighted by molar-refractivity contribution is 6.33. The first-order valence-corrected chi connectivity index (χ1v) is 11.7. The number of morpholine rings is 1. The zero-order valence-corrected chi connectivity index (χ0v) is 20.1. The van der Waals surface area contributed by atoms with Crippen LogP contribution in [0.15, 0.2) is 53.5 Å². The minimum absolute atomic E-state index is 0.166. The van der Waals surface area contributed by atoms with Crippen LogP contribution in [0.1, 0.15) is 29.8 Å². The van der Waals surface area contributed by atoms with E-state index >= 15 is 0 Å². The maximum absolute atomic E-state index is 15.0. The topological polar surface area (TPSA) is 87.3 Å². The summed E-state index contributed by atoms with van der Waals surface area (Å²) in [4.78, 5) is 35.6. The number of H-pyrrole nitrogens is 1. The molecule has 0 spiro atoms. The maximum Gasteiger partial charge on any atom is 0.255 e. The van der Waals surface area contributed by atoms with E-state index in [9.17, 15) is 14.0 Å². The van der Waals surface area contributed by atoms with Gasteiger partial charge in [-0.15, -0.1) is 0 Å². The lowest BCUT2D eigenvalue weighted by atomic mass is 9.95. The zero-order valence-electron chi connectivity index (χ0n) is 19.3. The van der Waals surface area contributed by atoms with Gasteiger partial charge in [-0.25, -0.2) is 9.37 Å². The van der Waals surface area contributed by atoms with E-state index in [4.69, 9.17) is 16.3 Å². The van der Waals surface area contributed by atoms with Crippen LogP contribution in [0.25, 0.3) is 21.8 Å². The zero-order chi connectivity index (χ0) is 24.7. The minimum Gasteiger partial charge on any atom is -0.378 e. The fourth-order valence-corrected chi connectivity index (χ4v) is 4.61. The Morgan fingerprint density at radius 3 is 2.63 bits per heavy atom. The molecule has 3 heterocycles. The second kappa shape index (κ2) is 8.94. The molecule has 2 aromatic heterocycles. The Labute approximate surface area is 205 Å². The molecular weight excluding hydrogens is 471 g/mol. The first-order valence-electron chi connectivity index (χ1n) is 11.3. The fraction of sp³-hybridized carbons (Fsp3) is 0.269. The lowest BCUT2D eigenvalue weighted by molar-refractivity contribution is 0.0908. The van der Waals surface area contributed by atoms with Crippen molar-refractivity contribution < 1.29 is 13.9 Å². The molecule has 7 nitrogen and oxygen atoms in total. The third kappa shape index (κ3) is 4.35. The molecular formula is C26H24ClFN4O3. The monoisotopic (exact) mass is 494 g/mol. The van der Waals surface area contributed by atoms with E-state index in [-0.39, 0.29) is 16.4 Å². The van der Waals surface area contributed by atoms with E-state index in [0.717, 1.165) is 6.07 Å². The summed E-state index contributed by atoms with van der Waals surface area (Å²) in [7, 11) is 0. The van der Waals surface area contributed by atoms with E-state index in [1.165, 1.54) is 6.07 Å². The predicted octanol–water partition coefficient (Wildman–Crippen LogP) is 4.37. The normalized spacial score (nSPS) is 14.5. The van der Waals surface area contributed by atoms with Gasteiger partial charge in [-0.1, -0.05) is 23.7 Å². The number of carbonyl (C=O) groups is 1. The molecule has 180 valence electrons. The number of nitrogens with zero attached hydrogens (tertiary/aromatic N) is 2. The number of amides is 1. The van der Waals surface area contributed by atoms with Gasteiger partial charge in [0.2, 0.25) is 0 Å². The van der Waals surface area contributed by atoms with Gasteiger partial charge in [0.25, 0.3) is 5.91 Å². The van der Waals surface area contributed by atoms with Crippen molar-refractivity contribution in [1.82, 2.24) is 15.3 Å². The number of benzene rings is 2. The number of aromatic nitrogens is 2. The summed E-state index contributed by atoms with van der Waals surface area (Å²) in [5.74, 6) is -0.722. The number of pyridine rings is 2. The highest BCUT2D eigenvalue weighted by atomic mass is 35.5. The number of fused-ring (bicyclic) bond motifs is 2. The van der Waals surface area contributed by atoms with Crippen molar-refractivity contribution in [3.05, 3.63) is 80.9 Å². The summed E-state index contributed by atoms with van der Waals surface area (Å²) < 4.78 is 20.4. The molecule has 1 saturated heterocycles. The van der Waals surface area contributed by atoms with Gasteiger partial charge in [0.1, 0.15) is 11.6 Å². The summed E-state index contributed by atoms with van der Waals surface area (Å²) in [6.07, 6.45) is 1.66. The number of halogens is 2. The van der Waals surface area contributed by atoms with Gasteiger partial charge in [0.05, 0.1) is 34.9 Å². The van der Waals surface area contributed by atoms with Crippen LogP contribution >= 0.6 is 11.6 Å². The number of hydrogen-bond donors (Lipinski definition) is 2. The van der Waals surface area contributed by atoms with E-state index in [2.05, 4.69) is 20.2 Å². The smallest absolute Gasteiger partial charge is 0.255 e. The second-order valence-corrected chi connectivity index (χ2v) is 9.49. The van der Waals surface area contributed by atoms with Gasteiger partial charge in [0.15, 0.2) is 5.43 Å². The molecule has 1 aliphatic rings. The molecule has 2 N–H and O–H groups in total. The van der Waals surface area contributed by atoms with E-state index < -0.39 is 17.3 Å². The molecule has 1 fully saturated rings. The van der Waals surface area contributed by atoms with Crippen molar-refractivity contribution >= 4 is 45.1 Å². The number of aromatic amines is 1. The number of para-hydroxylation sites is 1. The Hall–Kier alpha value is -3.49. The number of hydrogen-bond acceptors (Lipinski definition) is 5. The number of anilines is 1. The molecule has 0 saturated carbocycles. The molecule has 4 aromatic rings. The van der Waals surface area contributed by atoms with Crippen molar-refractivity contribution in [2.45, 2.75) is 19.4 Å². The van der Waals surface area contributed by atoms with Gasteiger partial charge in [0, 0.05) is 35.6 Å². The molecule has 0 bridgehead atoms. The Kier molecular flexibility index (Phi) is 5.94. The van der Waals surface area contributed by atoms with Crippen molar-refractivity contribution in [3.63, 3.8) is 0 Å². The maximum atomic E-state index is 15.0. The van der Waals surface area contributed by atoms with Crippen LogP contribution in [-0.4, -0.2) is 42.2 Å². The first-order chi connectivity index (χ1) is 16.7. The Balaban J connectivity index is 1.44. The molecule has 9 heteroatoms. The molecule has 35 heavy (non-hydrogen) atoms. The number of ether oxygens (including phenoxy) is 1. The Bertz CT molecular complexity index is 1510. The quantitative estimate of drug-likeness (QED) is 0.411. The van der Waals surface area contributed by atoms with Crippen LogP contribution in [0.2, 0.25) is 5.02 Å². The van der Waals surface area contributed by atoms with E-state index in [1.54, 1.807) is 50.4 Å². The average molecular weight is 495 g/mol. The molecule has 1 amide bonds. The fourth-order valence-electron chi connectivity index (χ4n) is 4.32. The number of carbonyl (C=O) groups excluding carboxylic acids is 1. The third-order valence-corrected chi connectivity index (χ3v) is 6.60. The molecule has 0 aliphatic carbocycles. The van der Waals surface area contributed by atoms with Crippen molar-refractivity contribution in [2.75, 3.05) is 31.2 Å². The summed E-state index contributed by atoms with van der Waals surface area (Å²) in [6.45, 7) is 6.21. The van der Waals surface area contributed by atoms with E-state index in [0.29, 0.717) is 59.1 Å². The van der Waals surface area contributed by atoms with Crippen molar-refractivity contribution in [2.24, 2.45) is 0 Å². The van der Waals surface area contributed by atoms with Crippen LogP contribution in [0, 0.1) is 5.82 Å². The van der Waals surface area contributed by atoms with Crippen LogP contribution in [0.5, 0.6) is 0 Å². The lowest BCUT2D eigenvalue weighted by Gasteiger charge is -2.30. The SMILES string of the molecule is CC(C)(NC(=O)c1cc2[nH]c3ccccc3c(=O)c2cc1F)c1cnc(N2CCOCC2)c(Cl)c1. The van der Waals surface area contributed by atoms with Crippen LogP contribution < -0.4 is 15.6 Å². The van der Waals surface area contributed by atoms with Crippen molar-refractivity contribution in [1.29, 1.82) is 0 Å². The number of nitrogens with one attached hydrogen (secondary N) is 2. The standard InChI is InChI=1S/C26H24ClFN4O3/c1-26(2,15-11-19(27)24(29-14-15)32-7-9-35-10-8-32)31-25(34)17-13-22-18(12-20(17)28)23(33)16-5-3-4-6-21(16)30-22/h3-6,11-14H,7-10H2,1-2H3,(H,30,33)(H,31,34). The van der Waals surface area contributed by atoms with Crippen molar-refractivity contribution in [3.8, 4) is 0 Å². The molecule has 1 aliphatic heterocycles. The highest BCUT2D eigenvalue weighted by Gasteiger charge is 2.27. The third-order valence-electron chi connectivity index (χ3n) is 6.32. The first kappa shape index (κ1) is 23.3. The summed E-state index contributed by atoms with van der Waals surface area (Å²) in [6, 6.07) is 11.2. The van der Waals surface area contributed by atoms with Gasteiger partial charge in [-0.3, -0.25) is 9.59 Å². The van der Waals surface area contributed by atoms with Gasteiger partial charge < -0.3 is 19.9 Å². The highest BCUT2D eigenvalue weighted by Crippen LogP contribution is 2.30. The van der Waals surface area contributed by atoms with Gasteiger partial charge >= 0.3 is 0 Å².